The van der Waals surface area contributed by atoms with Crippen LogP contribution in [0.5, 0.6) is 0 Å². The highest BCUT2D eigenvalue weighted by atomic mass is 16.2. The fourth-order valence-electron chi connectivity index (χ4n) is 2.63. The van der Waals surface area contributed by atoms with E-state index in [9.17, 15) is 9.59 Å². The molecule has 110 valence electrons. The van der Waals surface area contributed by atoms with Gasteiger partial charge in [-0.05, 0) is 19.1 Å². The zero-order valence-electron chi connectivity index (χ0n) is 12.0. The highest BCUT2D eigenvalue weighted by molar-refractivity contribution is 5.80. The van der Waals surface area contributed by atoms with E-state index in [-0.39, 0.29) is 18.0 Å². The Hall–Kier alpha value is -2.21. The number of para-hydroxylation sites is 2. The smallest absolute Gasteiger partial charge is 0.272 e. The second-order valence-corrected chi connectivity index (χ2v) is 5.21. The van der Waals surface area contributed by atoms with E-state index >= 15 is 0 Å². The van der Waals surface area contributed by atoms with Crippen LogP contribution in [0.2, 0.25) is 0 Å². The molecular weight excluding hydrogens is 268 g/mol. The van der Waals surface area contributed by atoms with Crippen LogP contribution < -0.4 is 10.9 Å². The summed E-state index contributed by atoms with van der Waals surface area (Å²) in [6, 6.07) is 7.41. The van der Waals surface area contributed by atoms with E-state index in [4.69, 9.17) is 0 Å². The van der Waals surface area contributed by atoms with Gasteiger partial charge in [-0.3, -0.25) is 14.2 Å². The van der Waals surface area contributed by atoms with Crippen molar-refractivity contribution < 1.29 is 4.79 Å². The van der Waals surface area contributed by atoms with Gasteiger partial charge in [-0.1, -0.05) is 12.1 Å². The van der Waals surface area contributed by atoms with Crippen LogP contribution >= 0.6 is 0 Å². The summed E-state index contributed by atoms with van der Waals surface area (Å²) in [5.41, 5.74) is 1.67. The number of nitrogens with one attached hydrogen (secondary N) is 1. The van der Waals surface area contributed by atoms with Crippen molar-refractivity contribution in [1.82, 2.24) is 19.8 Å². The van der Waals surface area contributed by atoms with Crippen molar-refractivity contribution in [2.24, 2.45) is 0 Å². The van der Waals surface area contributed by atoms with Gasteiger partial charge in [0.05, 0.1) is 11.0 Å². The Morgan fingerprint density at radius 2 is 2.00 bits per heavy atom. The number of aromatic nitrogens is 2. The van der Waals surface area contributed by atoms with Crippen LogP contribution in [0.1, 0.15) is 5.69 Å². The van der Waals surface area contributed by atoms with E-state index in [2.05, 4.69) is 10.3 Å². The molecule has 1 aliphatic heterocycles. The second kappa shape index (κ2) is 5.65. The van der Waals surface area contributed by atoms with Gasteiger partial charge in [0.15, 0.2) is 0 Å². The van der Waals surface area contributed by atoms with Crippen molar-refractivity contribution in [1.29, 1.82) is 0 Å². The minimum atomic E-state index is -0.197. The SMILES string of the molecule is Cc1nc2ccccc2n(CC(=O)N2CCNCC2)c1=O. The Balaban J connectivity index is 1.97. The number of benzene rings is 1. The number of rotatable bonds is 2. The number of nitrogens with zero attached hydrogens (tertiary/aromatic N) is 3. The highest BCUT2D eigenvalue weighted by Gasteiger charge is 2.18. The maximum Gasteiger partial charge on any atom is 0.272 e. The molecule has 1 aromatic carbocycles. The van der Waals surface area contributed by atoms with Gasteiger partial charge in [-0.25, -0.2) is 4.98 Å². The fraction of sp³-hybridized carbons (Fsp3) is 0.400. The molecule has 0 spiro atoms. The molecule has 0 radical (unpaired) electrons. The summed E-state index contributed by atoms with van der Waals surface area (Å²) < 4.78 is 1.53. The van der Waals surface area contributed by atoms with E-state index in [0.717, 1.165) is 18.6 Å². The lowest BCUT2D eigenvalue weighted by atomic mass is 10.2. The molecule has 3 rings (SSSR count). The van der Waals surface area contributed by atoms with Crippen molar-refractivity contribution in [2.45, 2.75) is 13.5 Å². The molecule has 0 atom stereocenters. The maximum atomic E-state index is 12.4. The van der Waals surface area contributed by atoms with Gasteiger partial charge in [0, 0.05) is 26.2 Å². The molecule has 6 heteroatoms. The first-order valence-electron chi connectivity index (χ1n) is 7.11. The second-order valence-electron chi connectivity index (χ2n) is 5.21. The predicted octanol–water partition coefficient (Wildman–Crippen LogP) is 0.137. The fourth-order valence-corrected chi connectivity index (χ4v) is 2.63. The highest BCUT2D eigenvalue weighted by Crippen LogP contribution is 2.10. The number of carbonyl (C=O) groups is 1. The summed E-state index contributed by atoms with van der Waals surface area (Å²) in [5, 5.41) is 3.21. The summed E-state index contributed by atoms with van der Waals surface area (Å²) >= 11 is 0. The van der Waals surface area contributed by atoms with Crippen molar-refractivity contribution in [3.8, 4) is 0 Å². The lowest BCUT2D eigenvalue weighted by molar-refractivity contribution is -0.132. The van der Waals surface area contributed by atoms with Crippen LogP contribution in [-0.4, -0.2) is 46.5 Å². The number of fused-ring (bicyclic) bond motifs is 1. The third kappa shape index (κ3) is 2.67. The van der Waals surface area contributed by atoms with Gasteiger partial charge in [-0.2, -0.15) is 0 Å². The summed E-state index contributed by atoms with van der Waals surface area (Å²) in [7, 11) is 0. The molecule has 0 saturated carbocycles. The number of hydrogen-bond donors (Lipinski definition) is 1. The molecule has 1 aromatic heterocycles. The van der Waals surface area contributed by atoms with Gasteiger partial charge in [0.2, 0.25) is 5.91 Å². The maximum absolute atomic E-state index is 12.4. The number of carbonyl (C=O) groups excluding carboxylic acids is 1. The molecule has 0 aliphatic carbocycles. The lowest BCUT2D eigenvalue weighted by Gasteiger charge is -2.27. The Bertz CT molecular complexity index is 732. The third-order valence-electron chi connectivity index (χ3n) is 3.78. The van der Waals surface area contributed by atoms with Gasteiger partial charge < -0.3 is 10.2 Å². The molecular formula is C15H18N4O2. The molecule has 0 unspecified atom stereocenters. The van der Waals surface area contributed by atoms with Crippen LogP contribution in [0.3, 0.4) is 0 Å². The molecule has 1 amide bonds. The van der Waals surface area contributed by atoms with Gasteiger partial charge >= 0.3 is 0 Å². The van der Waals surface area contributed by atoms with E-state index in [1.54, 1.807) is 11.8 Å². The molecule has 1 fully saturated rings. The number of aryl methyl sites for hydroxylation is 1. The molecule has 1 aliphatic rings. The van der Waals surface area contributed by atoms with Crippen LogP contribution in [-0.2, 0) is 11.3 Å². The van der Waals surface area contributed by atoms with Crippen LogP contribution in [0, 0.1) is 6.92 Å². The van der Waals surface area contributed by atoms with Crippen LogP contribution in [0.15, 0.2) is 29.1 Å². The summed E-state index contributed by atoms with van der Waals surface area (Å²) in [6.07, 6.45) is 0. The first-order chi connectivity index (χ1) is 10.2. The lowest BCUT2D eigenvalue weighted by Crippen LogP contribution is -2.48. The van der Waals surface area contributed by atoms with Crippen LogP contribution in [0.25, 0.3) is 11.0 Å². The monoisotopic (exact) mass is 286 g/mol. The normalized spacial score (nSPS) is 15.4. The third-order valence-corrected chi connectivity index (χ3v) is 3.78. The zero-order chi connectivity index (χ0) is 14.8. The number of hydrogen-bond acceptors (Lipinski definition) is 4. The summed E-state index contributed by atoms with van der Waals surface area (Å²) in [6.45, 7) is 4.74. The Kier molecular flexibility index (Phi) is 3.70. The molecule has 2 aromatic rings. The molecule has 21 heavy (non-hydrogen) atoms. The molecule has 1 saturated heterocycles. The van der Waals surface area contributed by atoms with Gasteiger partial charge in [-0.15, -0.1) is 0 Å². The first kappa shape index (κ1) is 13.8. The van der Waals surface area contributed by atoms with Crippen molar-refractivity contribution in [3.05, 3.63) is 40.3 Å². The summed E-state index contributed by atoms with van der Waals surface area (Å²) in [4.78, 5) is 30.8. The Morgan fingerprint density at radius 1 is 1.29 bits per heavy atom. The summed E-state index contributed by atoms with van der Waals surface area (Å²) in [5.74, 6) is -0.0191. The van der Waals surface area contributed by atoms with Gasteiger partial charge in [0.25, 0.3) is 5.56 Å². The minimum absolute atomic E-state index is 0.0191. The van der Waals surface area contributed by atoms with Crippen molar-refractivity contribution in [3.63, 3.8) is 0 Å². The Labute approximate surface area is 122 Å². The largest absolute Gasteiger partial charge is 0.339 e. The predicted molar refractivity (Wildman–Crippen MR) is 80.2 cm³/mol. The number of amides is 1. The van der Waals surface area contributed by atoms with E-state index in [0.29, 0.717) is 24.3 Å². The van der Waals surface area contributed by atoms with Gasteiger partial charge in [0.1, 0.15) is 12.2 Å². The first-order valence-corrected chi connectivity index (χ1v) is 7.11. The topological polar surface area (TPSA) is 67.2 Å². The minimum Gasteiger partial charge on any atom is -0.339 e. The number of piperazine rings is 1. The Morgan fingerprint density at radius 3 is 2.76 bits per heavy atom. The molecule has 0 bridgehead atoms. The van der Waals surface area contributed by atoms with E-state index < -0.39 is 0 Å². The molecule has 2 heterocycles. The standard InChI is InChI=1S/C15H18N4O2/c1-11-15(21)19(13-5-3-2-4-12(13)17-11)10-14(20)18-8-6-16-7-9-18/h2-5,16H,6-10H2,1H3. The van der Waals surface area contributed by atoms with E-state index in [1.165, 1.54) is 4.57 Å². The van der Waals surface area contributed by atoms with Crippen molar-refractivity contribution in [2.75, 3.05) is 26.2 Å². The average molecular weight is 286 g/mol. The average Bonchev–Trinajstić information content (AvgIpc) is 2.52. The van der Waals surface area contributed by atoms with Crippen LogP contribution in [0.4, 0.5) is 0 Å². The van der Waals surface area contributed by atoms with E-state index in [1.807, 2.05) is 24.3 Å². The zero-order valence-corrected chi connectivity index (χ0v) is 12.0. The quantitative estimate of drug-likeness (QED) is 0.852. The molecule has 1 N–H and O–H groups in total. The van der Waals surface area contributed by atoms with Crippen molar-refractivity contribution >= 4 is 16.9 Å². The molecule has 6 nitrogen and oxygen atoms in total.